The van der Waals surface area contributed by atoms with Crippen LogP contribution < -0.4 is 4.72 Å². The Morgan fingerprint density at radius 1 is 1.00 bits per heavy atom. The number of hydrogen-bond acceptors (Lipinski definition) is 4. The normalized spacial score (nSPS) is 15.4. The van der Waals surface area contributed by atoms with Crippen LogP contribution in [0.3, 0.4) is 0 Å². The summed E-state index contributed by atoms with van der Waals surface area (Å²) in [5, 5.41) is -1.27. The molecule has 0 aliphatic rings. The van der Waals surface area contributed by atoms with E-state index in [2.05, 4.69) is 4.72 Å². The molecule has 2 aromatic carbocycles. The van der Waals surface area contributed by atoms with Gasteiger partial charge in [0.25, 0.3) is 0 Å². The minimum atomic E-state index is -3.65. The highest BCUT2D eigenvalue weighted by Crippen LogP contribution is 2.63. The van der Waals surface area contributed by atoms with Crippen molar-refractivity contribution in [3.63, 3.8) is 0 Å². The summed E-state index contributed by atoms with van der Waals surface area (Å²) >= 11 is 0. The Morgan fingerprint density at radius 2 is 1.54 bits per heavy atom. The second-order valence-electron chi connectivity index (χ2n) is 5.96. The van der Waals surface area contributed by atoms with Gasteiger partial charge in [-0.2, -0.15) is 0 Å². The van der Waals surface area contributed by atoms with E-state index in [1.807, 2.05) is 49.4 Å². The molecule has 2 aromatic rings. The summed E-state index contributed by atoms with van der Waals surface area (Å²) in [5.74, 6) is 0. The van der Waals surface area contributed by atoms with Crippen LogP contribution in [0.2, 0.25) is 0 Å². The maximum Gasteiger partial charge on any atom is 0.355 e. The van der Waals surface area contributed by atoms with Crippen molar-refractivity contribution in [3.05, 3.63) is 65.7 Å². The standard InChI is InChI=1S/C19H26NO4PS/c1-5-23-25(21,24-6-2)19(4,17-10-8-7-9-11-17)20-26(22)18-14-12-16(3)13-15-18/h7-15,20H,5-6H2,1-4H3/t19-,26-/m0/s1. The van der Waals surface area contributed by atoms with Crippen LogP contribution in [-0.2, 0) is 29.9 Å². The lowest BCUT2D eigenvalue weighted by Crippen LogP contribution is -2.41. The van der Waals surface area contributed by atoms with Crippen LogP contribution in [-0.4, -0.2) is 17.4 Å². The Balaban J connectivity index is 2.48. The third-order valence-corrected chi connectivity index (χ3v) is 8.12. The zero-order valence-corrected chi connectivity index (χ0v) is 17.3. The molecule has 0 heterocycles. The van der Waals surface area contributed by atoms with Crippen molar-refractivity contribution < 1.29 is 17.8 Å². The van der Waals surface area contributed by atoms with E-state index in [9.17, 15) is 8.77 Å². The maximum atomic E-state index is 13.6. The number of aryl methyl sites for hydroxylation is 1. The molecule has 0 aliphatic heterocycles. The van der Waals surface area contributed by atoms with Gasteiger partial charge >= 0.3 is 7.60 Å². The largest absolute Gasteiger partial charge is 0.355 e. The Bertz CT molecular complexity index is 772. The number of hydrogen-bond donors (Lipinski definition) is 1. The summed E-state index contributed by atoms with van der Waals surface area (Å²) in [7, 11) is -5.25. The van der Waals surface area contributed by atoms with Gasteiger partial charge in [-0.05, 0) is 45.4 Å². The van der Waals surface area contributed by atoms with E-state index in [1.165, 1.54) is 0 Å². The number of rotatable bonds is 9. The van der Waals surface area contributed by atoms with Crippen molar-refractivity contribution >= 4 is 18.6 Å². The highest BCUT2D eigenvalue weighted by molar-refractivity contribution is 7.83. The molecule has 1 N–H and O–H groups in total. The molecule has 7 heteroatoms. The molecule has 26 heavy (non-hydrogen) atoms. The molecular weight excluding hydrogens is 369 g/mol. The van der Waals surface area contributed by atoms with Crippen LogP contribution in [0.5, 0.6) is 0 Å². The zero-order chi connectivity index (χ0) is 19.2. The smallest absolute Gasteiger partial charge is 0.307 e. The lowest BCUT2D eigenvalue weighted by atomic mass is 10.1. The average molecular weight is 395 g/mol. The van der Waals surface area contributed by atoms with Gasteiger partial charge in [0.15, 0.2) is 5.28 Å². The topological polar surface area (TPSA) is 64.6 Å². The van der Waals surface area contributed by atoms with Gasteiger partial charge in [0, 0.05) is 0 Å². The van der Waals surface area contributed by atoms with E-state index in [1.54, 1.807) is 32.9 Å². The first kappa shape index (κ1) is 21.0. The molecule has 0 fully saturated rings. The molecule has 5 nitrogen and oxygen atoms in total. The fourth-order valence-corrected chi connectivity index (χ4v) is 5.98. The molecule has 0 aliphatic carbocycles. The maximum absolute atomic E-state index is 13.6. The fraction of sp³-hybridized carbons (Fsp3) is 0.368. The average Bonchev–Trinajstić information content (AvgIpc) is 2.63. The molecule has 142 valence electrons. The lowest BCUT2D eigenvalue weighted by molar-refractivity contribution is 0.195. The molecular formula is C19H26NO4PS. The molecule has 0 aromatic heterocycles. The Hall–Kier alpha value is -1.30. The summed E-state index contributed by atoms with van der Waals surface area (Å²) in [6.07, 6.45) is 0. The van der Waals surface area contributed by atoms with Crippen LogP contribution in [0.4, 0.5) is 0 Å². The number of nitrogens with one attached hydrogen (secondary N) is 1. The zero-order valence-electron chi connectivity index (χ0n) is 15.6. The third kappa shape index (κ3) is 4.51. The van der Waals surface area contributed by atoms with Gasteiger partial charge in [-0.3, -0.25) is 4.57 Å². The van der Waals surface area contributed by atoms with Gasteiger partial charge in [-0.1, -0.05) is 48.0 Å². The van der Waals surface area contributed by atoms with E-state index >= 15 is 0 Å². The summed E-state index contributed by atoms with van der Waals surface area (Å²) in [4.78, 5) is 0.595. The Kier molecular flexibility index (Phi) is 7.33. The van der Waals surface area contributed by atoms with Crippen LogP contribution in [0.1, 0.15) is 31.9 Å². The molecule has 0 bridgehead atoms. The Labute approximate surface area is 158 Å². The first-order valence-corrected chi connectivity index (χ1v) is 11.3. The fourth-order valence-electron chi connectivity index (χ4n) is 2.57. The summed E-state index contributed by atoms with van der Waals surface area (Å²) in [5.41, 5.74) is 1.76. The van der Waals surface area contributed by atoms with Gasteiger partial charge in [-0.15, -0.1) is 0 Å². The van der Waals surface area contributed by atoms with Crippen molar-refractivity contribution in [2.45, 2.75) is 37.9 Å². The van der Waals surface area contributed by atoms with E-state index in [0.717, 1.165) is 5.56 Å². The van der Waals surface area contributed by atoms with Gasteiger partial charge in [0.2, 0.25) is 0 Å². The third-order valence-electron chi connectivity index (χ3n) is 4.01. The van der Waals surface area contributed by atoms with Crippen molar-refractivity contribution in [1.29, 1.82) is 0 Å². The van der Waals surface area contributed by atoms with Crippen molar-refractivity contribution in [1.82, 2.24) is 4.72 Å². The molecule has 0 saturated heterocycles. The van der Waals surface area contributed by atoms with Crippen molar-refractivity contribution in [3.8, 4) is 0 Å². The second kappa shape index (κ2) is 9.07. The van der Waals surface area contributed by atoms with Gasteiger partial charge in [0.1, 0.15) is 11.0 Å². The summed E-state index contributed by atoms with van der Waals surface area (Å²) in [6.45, 7) is 7.63. The van der Waals surface area contributed by atoms with Gasteiger partial charge in [0.05, 0.1) is 18.1 Å². The molecule has 0 amide bonds. The van der Waals surface area contributed by atoms with Crippen molar-refractivity contribution in [2.75, 3.05) is 13.2 Å². The molecule has 0 spiro atoms. The lowest BCUT2D eigenvalue weighted by Gasteiger charge is -2.36. The van der Waals surface area contributed by atoms with Gasteiger partial charge in [-0.25, -0.2) is 8.93 Å². The monoisotopic (exact) mass is 395 g/mol. The predicted molar refractivity (Wildman–Crippen MR) is 105 cm³/mol. The van der Waals surface area contributed by atoms with Gasteiger partial charge < -0.3 is 9.05 Å². The van der Waals surface area contributed by atoms with Crippen LogP contribution in [0.25, 0.3) is 0 Å². The molecule has 2 rings (SSSR count). The number of benzene rings is 2. The first-order valence-electron chi connectivity index (χ1n) is 8.57. The predicted octanol–water partition coefficient (Wildman–Crippen LogP) is 4.75. The van der Waals surface area contributed by atoms with Crippen molar-refractivity contribution in [2.24, 2.45) is 0 Å². The quantitative estimate of drug-likeness (QED) is 0.623. The SMILES string of the molecule is CCOP(=O)(OCC)[C@](C)(N[S@@](=O)c1ccc(C)cc1)c1ccccc1. The molecule has 0 radical (unpaired) electrons. The van der Waals surface area contributed by atoms with E-state index < -0.39 is 23.9 Å². The molecule has 0 saturated carbocycles. The minimum absolute atomic E-state index is 0.221. The van der Waals surface area contributed by atoms with E-state index in [-0.39, 0.29) is 13.2 Å². The first-order chi connectivity index (χ1) is 12.4. The van der Waals surface area contributed by atoms with Crippen LogP contribution in [0.15, 0.2) is 59.5 Å². The van der Waals surface area contributed by atoms with Crippen LogP contribution in [0, 0.1) is 6.92 Å². The highest BCUT2D eigenvalue weighted by atomic mass is 32.2. The minimum Gasteiger partial charge on any atom is -0.307 e. The second-order valence-corrected chi connectivity index (χ2v) is 9.57. The van der Waals surface area contributed by atoms with E-state index in [4.69, 9.17) is 9.05 Å². The Morgan fingerprint density at radius 3 is 2.04 bits per heavy atom. The highest BCUT2D eigenvalue weighted by Gasteiger charge is 2.49. The molecule has 2 atom stereocenters. The summed E-state index contributed by atoms with van der Waals surface area (Å²) < 4.78 is 40.8. The van der Waals surface area contributed by atoms with E-state index in [0.29, 0.717) is 10.5 Å². The molecule has 0 unspecified atom stereocenters. The summed E-state index contributed by atoms with van der Waals surface area (Å²) in [6, 6.07) is 16.5. The van der Waals surface area contributed by atoms with Crippen LogP contribution >= 0.6 is 7.60 Å².